The molecular weight excluding hydrogens is 278 g/mol. The van der Waals surface area contributed by atoms with Gasteiger partial charge in [-0.05, 0) is 45.7 Å². The van der Waals surface area contributed by atoms with E-state index < -0.39 is 0 Å². The molecular formula is C16H29N5O. The number of nitrogens with zero attached hydrogens (tertiary/aromatic N) is 3. The average molecular weight is 307 g/mol. The van der Waals surface area contributed by atoms with Crippen LogP contribution in [0.1, 0.15) is 37.1 Å². The summed E-state index contributed by atoms with van der Waals surface area (Å²) in [6.45, 7) is 11.3. The van der Waals surface area contributed by atoms with E-state index in [1.807, 2.05) is 13.8 Å². The zero-order valence-electron chi connectivity index (χ0n) is 14.3. The summed E-state index contributed by atoms with van der Waals surface area (Å²) in [7, 11) is 1.78. The first-order valence-corrected chi connectivity index (χ1v) is 8.18. The predicted molar refractivity (Wildman–Crippen MR) is 89.0 cm³/mol. The van der Waals surface area contributed by atoms with Gasteiger partial charge in [0.05, 0.1) is 12.2 Å². The first-order valence-electron chi connectivity index (χ1n) is 8.18. The van der Waals surface area contributed by atoms with Gasteiger partial charge in [0.2, 0.25) is 5.89 Å². The van der Waals surface area contributed by atoms with Gasteiger partial charge in [-0.2, -0.15) is 0 Å². The minimum atomic E-state index is 0.550. The number of oxazole rings is 1. The van der Waals surface area contributed by atoms with Crippen LogP contribution in [0.5, 0.6) is 0 Å². The van der Waals surface area contributed by atoms with E-state index in [0.29, 0.717) is 18.4 Å². The van der Waals surface area contributed by atoms with Gasteiger partial charge < -0.3 is 20.0 Å². The summed E-state index contributed by atoms with van der Waals surface area (Å²) in [5.74, 6) is 2.96. The van der Waals surface area contributed by atoms with Crippen LogP contribution in [0.2, 0.25) is 0 Å². The Kier molecular flexibility index (Phi) is 6.24. The molecule has 0 bridgehead atoms. The minimum absolute atomic E-state index is 0.550. The Morgan fingerprint density at radius 2 is 2.05 bits per heavy atom. The lowest BCUT2D eigenvalue weighted by Crippen LogP contribution is -2.41. The number of aromatic nitrogens is 1. The van der Waals surface area contributed by atoms with E-state index >= 15 is 0 Å². The predicted octanol–water partition coefficient (Wildman–Crippen LogP) is 1.69. The Balaban J connectivity index is 1.70. The molecule has 1 fully saturated rings. The van der Waals surface area contributed by atoms with E-state index in [2.05, 4.69) is 32.4 Å². The fraction of sp³-hybridized carbons (Fsp3) is 0.750. The molecule has 22 heavy (non-hydrogen) atoms. The highest BCUT2D eigenvalue weighted by atomic mass is 16.4. The van der Waals surface area contributed by atoms with Crippen molar-refractivity contribution in [3.05, 3.63) is 17.3 Å². The second kappa shape index (κ2) is 8.17. The maximum atomic E-state index is 5.56. The Morgan fingerprint density at radius 3 is 2.64 bits per heavy atom. The van der Waals surface area contributed by atoms with Gasteiger partial charge in [-0.25, -0.2) is 4.98 Å². The van der Waals surface area contributed by atoms with E-state index in [4.69, 9.17) is 4.42 Å². The summed E-state index contributed by atoms with van der Waals surface area (Å²) in [4.78, 5) is 11.2. The summed E-state index contributed by atoms with van der Waals surface area (Å²) < 4.78 is 5.56. The highest BCUT2D eigenvalue weighted by Gasteiger charge is 2.15. The van der Waals surface area contributed by atoms with Crippen LogP contribution in [0, 0.1) is 19.8 Å². The van der Waals surface area contributed by atoms with Crippen molar-refractivity contribution in [3.63, 3.8) is 0 Å². The van der Waals surface area contributed by atoms with Crippen LogP contribution in [-0.2, 0) is 6.54 Å². The van der Waals surface area contributed by atoms with E-state index in [1.165, 1.54) is 25.9 Å². The third-order valence-electron chi connectivity index (χ3n) is 4.09. The van der Waals surface area contributed by atoms with Crippen LogP contribution in [-0.4, -0.2) is 49.1 Å². The van der Waals surface area contributed by atoms with Crippen LogP contribution in [0.4, 0.5) is 0 Å². The molecule has 0 amide bonds. The van der Waals surface area contributed by atoms with Crippen molar-refractivity contribution in [3.8, 4) is 0 Å². The molecule has 1 aliphatic heterocycles. The first kappa shape index (κ1) is 16.8. The lowest BCUT2D eigenvalue weighted by molar-refractivity contribution is 0.287. The maximum absolute atomic E-state index is 5.56. The van der Waals surface area contributed by atoms with E-state index in [9.17, 15) is 0 Å². The van der Waals surface area contributed by atoms with Crippen LogP contribution in [0.25, 0.3) is 0 Å². The molecule has 124 valence electrons. The molecule has 1 atom stereocenters. The number of rotatable bonds is 6. The van der Waals surface area contributed by atoms with Gasteiger partial charge in [0.15, 0.2) is 5.96 Å². The average Bonchev–Trinajstić information content (AvgIpc) is 3.10. The molecule has 0 spiro atoms. The lowest BCUT2D eigenvalue weighted by Gasteiger charge is -2.21. The molecule has 6 heteroatoms. The molecule has 0 saturated carbocycles. The maximum Gasteiger partial charge on any atom is 0.214 e. The van der Waals surface area contributed by atoms with Gasteiger partial charge in [-0.3, -0.25) is 4.99 Å². The van der Waals surface area contributed by atoms with Crippen LogP contribution in [0.3, 0.4) is 0 Å². The highest BCUT2D eigenvalue weighted by molar-refractivity contribution is 5.79. The number of hydrogen-bond acceptors (Lipinski definition) is 4. The largest absolute Gasteiger partial charge is 0.444 e. The highest BCUT2D eigenvalue weighted by Crippen LogP contribution is 2.10. The van der Waals surface area contributed by atoms with Gasteiger partial charge >= 0.3 is 0 Å². The Hall–Kier alpha value is -1.56. The second-order valence-corrected chi connectivity index (χ2v) is 6.17. The molecule has 1 aliphatic rings. The smallest absolute Gasteiger partial charge is 0.214 e. The van der Waals surface area contributed by atoms with Crippen molar-refractivity contribution < 1.29 is 4.42 Å². The summed E-state index contributed by atoms with van der Waals surface area (Å²) in [5.41, 5.74) is 0.944. The minimum Gasteiger partial charge on any atom is -0.444 e. The SMILES string of the molecule is CN=C(NCc1nc(C)c(C)o1)NCC(C)CN1CCCC1. The molecule has 1 unspecified atom stereocenters. The number of hydrogen-bond donors (Lipinski definition) is 2. The van der Waals surface area contributed by atoms with Crippen LogP contribution >= 0.6 is 0 Å². The Labute approximate surface area is 133 Å². The number of likely N-dealkylation sites (tertiary alicyclic amines) is 1. The first-order chi connectivity index (χ1) is 10.6. The van der Waals surface area contributed by atoms with E-state index in [-0.39, 0.29) is 0 Å². The molecule has 2 heterocycles. The third kappa shape index (κ3) is 5.02. The number of aryl methyl sites for hydroxylation is 2. The summed E-state index contributed by atoms with van der Waals surface area (Å²) >= 11 is 0. The fourth-order valence-electron chi connectivity index (χ4n) is 2.74. The van der Waals surface area contributed by atoms with E-state index in [1.54, 1.807) is 7.05 Å². The lowest BCUT2D eigenvalue weighted by atomic mass is 10.1. The van der Waals surface area contributed by atoms with Crippen molar-refractivity contribution >= 4 is 5.96 Å². The number of aliphatic imine (C=N–C) groups is 1. The van der Waals surface area contributed by atoms with Gasteiger partial charge in [0.1, 0.15) is 5.76 Å². The molecule has 0 aliphatic carbocycles. The van der Waals surface area contributed by atoms with Crippen molar-refractivity contribution in [2.45, 2.75) is 40.2 Å². The molecule has 1 saturated heterocycles. The number of nitrogens with one attached hydrogen (secondary N) is 2. The molecule has 0 radical (unpaired) electrons. The van der Waals surface area contributed by atoms with Gasteiger partial charge in [-0.15, -0.1) is 0 Å². The molecule has 1 aromatic heterocycles. The van der Waals surface area contributed by atoms with Crippen molar-refractivity contribution in [1.29, 1.82) is 0 Å². The molecule has 2 N–H and O–H groups in total. The second-order valence-electron chi connectivity index (χ2n) is 6.17. The summed E-state index contributed by atoms with van der Waals surface area (Å²) in [6, 6.07) is 0. The molecule has 2 rings (SSSR count). The topological polar surface area (TPSA) is 65.7 Å². The third-order valence-corrected chi connectivity index (χ3v) is 4.09. The normalized spacial score (nSPS) is 17.7. The van der Waals surface area contributed by atoms with Crippen molar-refractivity contribution in [1.82, 2.24) is 20.5 Å². The summed E-state index contributed by atoms with van der Waals surface area (Å²) in [6.07, 6.45) is 2.69. The van der Waals surface area contributed by atoms with Gasteiger partial charge in [-0.1, -0.05) is 6.92 Å². The quantitative estimate of drug-likeness (QED) is 0.618. The van der Waals surface area contributed by atoms with Gasteiger partial charge in [0.25, 0.3) is 0 Å². The van der Waals surface area contributed by atoms with Crippen LogP contribution < -0.4 is 10.6 Å². The molecule has 6 nitrogen and oxygen atoms in total. The Morgan fingerprint density at radius 1 is 1.32 bits per heavy atom. The number of guanidine groups is 1. The van der Waals surface area contributed by atoms with Crippen molar-refractivity contribution in [2.24, 2.45) is 10.9 Å². The monoisotopic (exact) mass is 307 g/mol. The summed E-state index contributed by atoms with van der Waals surface area (Å²) in [5, 5.41) is 6.62. The van der Waals surface area contributed by atoms with Gasteiger partial charge in [0, 0.05) is 20.1 Å². The van der Waals surface area contributed by atoms with Crippen molar-refractivity contribution in [2.75, 3.05) is 33.2 Å². The molecule has 1 aromatic rings. The zero-order chi connectivity index (χ0) is 15.9. The standard InChI is InChI=1S/C16H29N5O/c1-12(11-21-7-5-6-8-21)9-18-16(17-4)19-10-15-20-13(2)14(3)22-15/h12H,5-11H2,1-4H3,(H2,17,18,19). The fourth-order valence-corrected chi connectivity index (χ4v) is 2.74. The zero-order valence-corrected chi connectivity index (χ0v) is 14.3. The van der Waals surface area contributed by atoms with E-state index in [0.717, 1.165) is 30.5 Å². The molecule has 0 aromatic carbocycles. The Bertz CT molecular complexity index is 471. The van der Waals surface area contributed by atoms with Crippen LogP contribution in [0.15, 0.2) is 9.41 Å².